The Kier molecular flexibility index (Phi) is 4.92. The fourth-order valence-corrected chi connectivity index (χ4v) is 3.11. The van der Waals surface area contributed by atoms with E-state index in [1.165, 1.54) is 0 Å². The highest BCUT2D eigenvalue weighted by Gasteiger charge is 2.41. The molecule has 18 heavy (non-hydrogen) atoms. The van der Waals surface area contributed by atoms with Gasteiger partial charge in [-0.3, -0.25) is 4.79 Å². The van der Waals surface area contributed by atoms with Crippen LogP contribution in [0.4, 0.5) is 4.79 Å². The van der Waals surface area contributed by atoms with E-state index >= 15 is 0 Å². The van der Waals surface area contributed by atoms with Gasteiger partial charge >= 0.3 is 0 Å². The Morgan fingerprint density at radius 1 is 0.722 bits per heavy atom. The second-order valence-electron chi connectivity index (χ2n) is 8.33. The highest BCUT2D eigenvalue weighted by Crippen LogP contribution is 2.35. The lowest BCUT2D eigenvalue weighted by molar-refractivity contribution is 0.249. The molecule has 2 N–H and O–H groups in total. The molecule has 0 aliphatic heterocycles. The average molecular weight is 289 g/mol. The van der Waals surface area contributed by atoms with Crippen molar-refractivity contribution in [2.75, 3.05) is 0 Å². The Morgan fingerprint density at radius 3 is 1.11 bits per heavy atom. The Hall–Kier alpha value is -0.296. The second-order valence-corrected chi connectivity index (χ2v) is 18.3. The minimum Gasteiger partial charge on any atom is -0.365 e. The van der Waals surface area contributed by atoms with Crippen LogP contribution in [0, 0.1) is 0 Å². The number of hydrogen-bond donors (Lipinski definition) is 2. The summed E-state index contributed by atoms with van der Waals surface area (Å²) in [6, 6.07) is 0.0215. The van der Waals surface area contributed by atoms with Crippen molar-refractivity contribution in [3.8, 4) is 0 Å². The summed E-state index contributed by atoms with van der Waals surface area (Å²) in [4.78, 5) is 18.7. The van der Waals surface area contributed by atoms with Crippen LogP contribution in [-0.2, 0) is 0 Å². The van der Waals surface area contributed by atoms with Crippen LogP contribution < -0.4 is 9.96 Å². The third-order valence-electron chi connectivity index (χ3n) is 4.60. The van der Waals surface area contributed by atoms with Crippen molar-refractivity contribution in [3.05, 3.63) is 0 Å². The minimum absolute atomic E-state index is 0.0215. The zero-order valence-electron chi connectivity index (χ0n) is 13.9. The Labute approximate surface area is 115 Å². The molecule has 0 rings (SSSR count). The van der Waals surface area contributed by atoms with Gasteiger partial charge in [0, 0.05) is 0 Å². The molecule has 108 valence electrons. The van der Waals surface area contributed by atoms with E-state index in [4.69, 9.17) is 0 Å². The maximum atomic E-state index is 12.2. The molecule has 2 amide bonds. The number of carbonyl (C=O) groups is 1. The second kappa shape index (κ2) is 5.00. The highest BCUT2D eigenvalue weighted by molar-refractivity contribution is 6.82. The van der Waals surface area contributed by atoms with Gasteiger partial charge in [-0.15, -0.1) is 0 Å². The summed E-state index contributed by atoms with van der Waals surface area (Å²) < 4.78 is 0. The summed E-state index contributed by atoms with van der Waals surface area (Å²) in [7, 11) is -3.53. The van der Waals surface area contributed by atoms with Crippen molar-refractivity contribution in [2.24, 2.45) is 0 Å². The van der Waals surface area contributed by atoms with Gasteiger partial charge in [0.1, 0.15) is 0 Å². The van der Waals surface area contributed by atoms with E-state index in [0.717, 1.165) is 0 Å². The van der Waals surface area contributed by atoms with Gasteiger partial charge in [-0.1, -0.05) is 67.7 Å². The maximum Gasteiger partial charge on any atom is 0.298 e. The normalized spacial score (nSPS) is 14.3. The van der Waals surface area contributed by atoms with Crippen molar-refractivity contribution < 1.29 is 4.79 Å². The molecule has 0 aromatic carbocycles. The van der Waals surface area contributed by atoms with Crippen molar-refractivity contribution in [1.82, 2.24) is 9.96 Å². The predicted molar refractivity (Wildman–Crippen MR) is 86.1 cm³/mol. The SMILES string of the molecule is CC(C)(C)[Si](C)(C)NC(=O)N[Si](C)(C)C(C)(C)C. The van der Waals surface area contributed by atoms with E-state index in [1.54, 1.807) is 0 Å². The van der Waals surface area contributed by atoms with Gasteiger partial charge < -0.3 is 9.96 Å². The molecule has 0 saturated heterocycles. The molecule has 0 atom stereocenters. The van der Waals surface area contributed by atoms with Gasteiger partial charge in [0.05, 0.1) is 0 Å². The van der Waals surface area contributed by atoms with Crippen LogP contribution in [0.15, 0.2) is 0 Å². The lowest BCUT2D eigenvalue weighted by Crippen LogP contribution is -2.63. The van der Waals surface area contributed by atoms with Gasteiger partial charge in [0.15, 0.2) is 16.5 Å². The molecule has 0 aromatic rings. The summed E-state index contributed by atoms with van der Waals surface area (Å²) in [6.07, 6.45) is 0. The van der Waals surface area contributed by atoms with Gasteiger partial charge in [-0.2, -0.15) is 0 Å². The van der Waals surface area contributed by atoms with E-state index in [1.807, 2.05) is 0 Å². The fourth-order valence-electron chi connectivity index (χ4n) is 0.974. The van der Waals surface area contributed by atoms with Gasteiger partial charge in [0.2, 0.25) is 0 Å². The van der Waals surface area contributed by atoms with Crippen molar-refractivity contribution in [3.63, 3.8) is 0 Å². The standard InChI is InChI=1S/C13H32N2OSi2/c1-12(2,3)17(7,8)14-11(16)15-18(9,10)13(4,5)6/h1-10H3,(H2,14,15,16). The zero-order chi connectivity index (χ0) is 15.0. The molecule has 0 spiro atoms. The first-order chi connectivity index (χ1) is 7.60. The van der Waals surface area contributed by atoms with Crippen LogP contribution in [0.3, 0.4) is 0 Å². The number of rotatable bonds is 2. The van der Waals surface area contributed by atoms with Crippen LogP contribution in [0.5, 0.6) is 0 Å². The molecule has 0 bridgehead atoms. The van der Waals surface area contributed by atoms with Gasteiger partial charge in [0.25, 0.3) is 6.03 Å². The maximum absolute atomic E-state index is 12.2. The molecule has 0 saturated carbocycles. The van der Waals surface area contributed by atoms with E-state index < -0.39 is 16.5 Å². The molecule has 0 unspecified atom stereocenters. The predicted octanol–water partition coefficient (Wildman–Crippen LogP) is 4.30. The van der Waals surface area contributed by atoms with E-state index in [9.17, 15) is 4.79 Å². The summed E-state index contributed by atoms with van der Waals surface area (Å²) in [5, 5.41) is 0.329. The van der Waals surface area contributed by atoms with Gasteiger partial charge in [-0.05, 0) is 10.1 Å². The molecule has 3 nitrogen and oxygen atoms in total. The fraction of sp³-hybridized carbons (Fsp3) is 0.923. The molecule has 0 heterocycles. The Morgan fingerprint density at radius 2 is 0.944 bits per heavy atom. The monoisotopic (exact) mass is 288 g/mol. The number of amides is 2. The lowest BCUT2D eigenvalue weighted by atomic mass is 10.2. The van der Waals surface area contributed by atoms with Crippen LogP contribution >= 0.6 is 0 Å². The first kappa shape index (κ1) is 17.7. The molecule has 0 aromatic heterocycles. The number of carbonyl (C=O) groups excluding carboxylic acids is 1. The molecule has 5 heteroatoms. The highest BCUT2D eigenvalue weighted by atomic mass is 28.3. The molecule has 0 radical (unpaired) electrons. The van der Waals surface area contributed by atoms with Crippen molar-refractivity contribution in [1.29, 1.82) is 0 Å². The average Bonchev–Trinajstić information content (AvgIpc) is 1.95. The summed E-state index contributed by atoms with van der Waals surface area (Å²) >= 11 is 0. The molecule has 0 fully saturated rings. The third-order valence-corrected chi connectivity index (χ3v) is 13.8. The lowest BCUT2D eigenvalue weighted by Gasteiger charge is -2.41. The third kappa shape index (κ3) is 4.42. The minimum atomic E-state index is -1.77. The largest absolute Gasteiger partial charge is 0.365 e. The Balaban J connectivity index is 4.75. The van der Waals surface area contributed by atoms with Crippen molar-refractivity contribution in [2.45, 2.75) is 77.8 Å². The first-order valence-corrected chi connectivity index (χ1v) is 12.7. The van der Waals surface area contributed by atoms with Crippen LogP contribution in [0.1, 0.15) is 41.5 Å². The van der Waals surface area contributed by atoms with Gasteiger partial charge in [-0.25, -0.2) is 0 Å². The number of urea groups is 1. The topological polar surface area (TPSA) is 41.1 Å². The van der Waals surface area contributed by atoms with E-state index in [2.05, 4.69) is 77.7 Å². The molecule has 0 aliphatic carbocycles. The van der Waals surface area contributed by atoms with Crippen LogP contribution in [0.2, 0.25) is 36.3 Å². The van der Waals surface area contributed by atoms with Crippen molar-refractivity contribution >= 4 is 22.5 Å². The van der Waals surface area contributed by atoms with Crippen LogP contribution in [0.25, 0.3) is 0 Å². The smallest absolute Gasteiger partial charge is 0.298 e. The first-order valence-electron chi connectivity index (χ1n) is 6.70. The zero-order valence-corrected chi connectivity index (χ0v) is 15.9. The molecule has 0 aliphatic rings. The number of hydrogen-bond acceptors (Lipinski definition) is 1. The number of nitrogens with one attached hydrogen (secondary N) is 2. The van der Waals surface area contributed by atoms with Crippen LogP contribution in [-0.4, -0.2) is 22.5 Å². The Bertz CT molecular complexity index is 282. The summed E-state index contributed by atoms with van der Waals surface area (Å²) in [5.74, 6) is 0. The van der Waals surface area contributed by atoms with E-state index in [-0.39, 0.29) is 16.1 Å². The summed E-state index contributed by atoms with van der Waals surface area (Å²) in [5.41, 5.74) is 0. The summed E-state index contributed by atoms with van der Waals surface area (Å²) in [6.45, 7) is 22.0. The molecular formula is C13H32N2OSi2. The van der Waals surface area contributed by atoms with E-state index in [0.29, 0.717) is 0 Å². The quantitative estimate of drug-likeness (QED) is 0.731. The molecular weight excluding hydrogens is 256 g/mol.